The van der Waals surface area contributed by atoms with E-state index in [1.54, 1.807) is 0 Å². The van der Waals surface area contributed by atoms with E-state index in [1.165, 1.54) is 30.3 Å². The fourth-order valence-electron chi connectivity index (χ4n) is 3.42. The Hall–Kier alpha value is -5.21. The van der Waals surface area contributed by atoms with Gasteiger partial charge in [-0.25, -0.2) is 9.59 Å². The van der Waals surface area contributed by atoms with Gasteiger partial charge in [0.1, 0.15) is 0 Å². The molecule has 40 heavy (non-hydrogen) atoms. The van der Waals surface area contributed by atoms with E-state index in [4.69, 9.17) is 0 Å². The van der Waals surface area contributed by atoms with Crippen molar-refractivity contribution in [3.05, 3.63) is 94.5 Å². The second kappa shape index (κ2) is 11.3. The van der Waals surface area contributed by atoms with Crippen LogP contribution in [0.1, 0.15) is 47.0 Å². The maximum Gasteiger partial charge on any atom is 0.346 e. The molecule has 0 atom stereocenters. The van der Waals surface area contributed by atoms with Crippen LogP contribution in [0.5, 0.6) is 11.9 Å². The van der Waals surface area contributed by atoms with Gasteiger partial charge in [0.05, 0.1) is 34.8 Å². The van der Waals surface area contributed by atoms with Crippen molar-refractivity contribution in [3.8, 4) is 11.9 Å². The van der Waals surface area contributed by atoms with Crippen LogP contribution in [0, 0.1) is 0 Å². The highest BCUT2D eigenvalue weighted by Gasteiger charge is 2.30. The molecular formula is C26H18N2O11S. The highest BCUT2D eigenvalue weighted by molar-refractivity contribution is 7.85. The van der Waals surface area contributed by atoms with Crippen LogP contribution in [0.15, 0.2) is 81.4 Å². The Morgan fingerprint density at radius 1 is 0.800 bits per heavy atom. The molecule has 2 N–H and O–H groups in total. The molecule has 0 saturated carbocycles. The molecule has 13 nitrogen and oxygen atoms in total. The summed E-state index contributed by atoms with van der Waals surface area (Å²) >= 11 is 0. The molecule has 0 aliphatic carbocycles. The first-order chi connectivity index (χ1) is 18.9. The Bertz CT molecular complexity index is 1790. The number of hydrogen-bond donors (Lipinski definition) is 2. The molecule has 1 aromatic heterocycles. The maximum atomic E-state index is 12.1. The first kappa shape index (κ1) is 27.8. The minimum Gasteiger partial charge on any atom is -0.480 e. The number of carbonyl (C=O) groups excluding carboxylic acids is 4. The molecule has 0 radical (unpaired) electrons. The van der Waals surface area contributed by atoms with E-state index < -0.39 is 45.8 Å². The van der Waals surface area contributed by atoms with Crippen LogP contribution < -0.4 is 0 Å². The van der Waals surface area contributed by atoms with Crippen LogP contribution in [-0.2, 0) is 25.6 Å². The third kappa shape index (κ3) is 6.43. The highest BCUT2D eigenvalue weighted by Crippen LogP contribution is 2.36. The number of cyclic esters (lactones) is 2. The zero-order valence-electron chi connectivity index (χ0n) is 20.4. The number of fused-ring (bicyclic) bond motifs is 2. The molecule has 0 saturated heterocycles. The first-order valence-corrected chi connectivity index (χ1v) is 13.0. The fourth-order valence-corrected chi connectivity index (χ4v) is 3.77. The Kier molecular flexibility index (Phi) is 7.83. The predicted molar refractivity (Wildman–Crippen MR) is 135 cm³/mol. The third-order valence-corrected chi connectivity index (χ3v) is 5.87. The molecule has 0 fully saturated rings. The molecule has 204 valence electrons. The minimum atomic E-state index is -3.32. The number of azo groups is 1. The van der Waals surface area contributed by atoms with E-state index >= 15 is 0 Å². The lowest BCUT2D eigenvalue weighted by molar-refractivity contribution is 0.0443. The quantitative estimate of drug-likeness (QED) is 0.154. The van der Waals surface area contributed by atoms with Crippen molar-refractivity contribution in [3.63, 3.8) is 0 Å². The molecule has 0 unspecified atom stereocenters. The van der Waals surface area contributed by atoms with E-state index in [1.807, 2.05) is 30.3 Å². The standard InChI is InChI=1S/C18H8N2O8.C8H10O3S/c21-13(7-1-3-9-11(5-7)17(25)27-15(9)23)19-20-14(22)8-2-4-10-12(6-8)18(26)28-16(10)24;1-12(9,10)11-7-8-5-3-2-4-6-8/h1-6,23,25H;2-6H,7H2,1H3. The summed E-state index contributed by atoms with van der Waals surface area (Å²) in [6, 6.07) is 16.6. The lowest BCUT2D eigenvalue weighted by Gasteiger charge is -1.99. The van der Waals surface area contributed by atoms with E-state index in [9.17, 15) is 37.8 Å². The van der Waals surface area contributed by atoms with E-state index in [-0.39, 0.29) is 39.6 Å². The fraction of sp³-hybridized carbons (Fsp3) is 0.0769. The summed E-state index contributed by atoms with van der Waals surface area (Å²) in [6.07, 6.45) is 1.04. The van der Waals surface area contributed by atoms with Gasteiger partial charge in [-0.2, -0.15) is 8.42 Å². The Morgan fingerprint density at radius 2 is 1.38 bits per heavy atom. The van der Waals surface area contributed by atoms with Gasteiger partial charge < -0.3 is 19.4 Å². The van der Waals surface area contributed by atoms with Crippen LogP contribution in [0.4, 0.5) is 0 Å². The van der Waals surface area contributed by atoms with Crippen LogP contribution in [0.3, 0.4) is 0 Å². The largest absolute Gasteiger partial charge is 0.480 e. The van der Waals surface area contributed by atoms with Crippen LogP contribution in [-0.4, -0.2) is 48.6 Å². The number of carbonyl (C=O) groups is 4. The van der Waals surface area contributed by atoms with Gasteiger partial charge in [0.25, 0.3) is 33.8 Å². The number of benzene rings is 3. The van der Waals surface area contributed by atoms with Crippen molar-refractivity contribution < 1.29 is 51.1 Å². The van der Waals surface area contributed by atoms with Crippen LogP contribution in [0.25, 0.3) is 10.8 Å². The predicted octanol–water partition coefficient (Wildman–Crippen LogP) is 3.75. The highest BCUT2D eigenvalue weighted by atomic mass is 32.2. The number of furan rings is 1. The molecule has 1 aliphatic rings. The minimum absolute atomic E-state index is 0.0109. The summed E-state index contributed by atoms with van der Waals surface area (Å²) in [7, 11) is -3.32. The Labute approximate surface area is 225 Å². The molecule has 4 aromatic rings. The lowest BCUT2D eigenvalue weighted by Crippen LogP contribution is -2.02. The average Bonchev–Trinajstić information content (AvgIpc) is 3.39. The van der Waals surface area contributed by atoms with Gasteiger partial charge in [0, 0.05) is 11.1 Å². The van der Waals surface area contributed by atoms with Crippen molar-refractivity contribution in [2.75, 3.05) is 6.26 Å². The number of rotatable bonds is 5. The van der Waals surface area contributed by atoms with E-state index in [0.29, 0.717) is 0 Å². The van der Waals surface area contributed by atoms with E-state index in [0.717, 1.165) is 17.9 Å². The summed E-state index contributed by atoms with van der Waals surface area (Å²) in [4.78, 5) is 47.1. The number of nitrogens with zero attached hydrogens (tertiary/aromatic N) is 2. The van der Waals surface area contributed by atoms with Crippen molar-refractivity contribution in [2.24, 2.45) is 10.2 Å². The molecule has 5 rings (SSSR count). The number of aromatic hydroxyl groups is 2. The van der Waals surface area contributed by atoms with Gasteiger partial charge in [-0.05, 0) is 42.0 Å². The molecule has 2 amide bonds. The van der Waals surface area contributed by atoms with Gasteiger partial charge >= 0.3 is 11.9 Å². The molecule has 14 heteroatoms. The zero-order valence-corrected chi connectivity index (χ0v) is 21.2. The number of esters is 2. The SMILES string of the molecule is CS(=O)(=O)OCc1ccccc1.O=C(N=NC(=O)c1ccc2c(O)oc(O)c2c1)c1ccc2c(c1)C(=O)OC2=O. The van der Waals surface area contributed by atoms with Crippen molar-refractivity contribution >= 4 is 44.6 Å². The Balaban J connectivity index is 0.000000259. The van der Waals surface area contributed by atoms with E-state index in [2.05, 4.69) is 23.6 Å². The maximum absolute atomic E-state index is 12.1. The van der Waals surface area contributed by atoms with Crippen molar-refractivity contribution in [1.29, 1.82) is 0 Å². The molecule has 1 aliphatic heterocycles. The van der Waals surface area contributed by atoms with Gasteiger partial charge in [-0.3, -0.25) is 13.8 Å². The summed E-state index contributed by atoms with van der Waals surface area (Å²) in [6.45, 7) is 0.111. The average molecular weight is 567 g/mol. The summed E-state index contributed by atoms with van der Waals surface area (Å²) in [5.74, 6) is -4.55. The summed E-state index contributed by atoms with van der Waals surface area (Å²) in [5, 5.41) is 26.0. The molecule has 3 aromatic carbocycles. The molecule has 0 bridgehead atoms. The van der Waals surface area contributed by atoms with Gasteiger partial charge in [0.2, 0.25) is 0 Å². The smallest absolute Gasteiger partial charge is 0.346 e. The van der Waals surface area contributed by atoms with Crippen LogP contribution in [0.2, 0.25) is 0 Å². The first-order valence-electron chi connectivity index (χ1n) is 11.2. The normalized spacial score (nSPS) is 12.6. The molecule has 2 heterocycles. The second-order valence-corrected chi connectivity index (χ2v) is 9.82. The number of amides is 2. The monoisotopic (exact) mass is 566 g/mol. The lowest BCUT2D eigenvalue weighted by atomic mass is 10.1. The van der Waals surface area contributed by atoms with Gasteiger partial charge in [-0.1, -0.05) is 30.3 Å². The number of ether oxygens (including phenoxy) is 1. The molecular weight excluding hydrogens is 548 g/mol. The van der Waals surface area contributed by atoms with Gasteiger partial charge in [0.15, 0.2) is 0 Å². The third-order valence-electron chi connectivity index (χ3n) is 5.33. The topological polar surface area (TPSA) is 199 Å². The second-order valence-electron chi connectivity index (χ2n) is 8.17. The zero-order chi connectivity index (χ0) is 29.0. The van der Waals surface area contributed by atoms with Crippen molar-refractivity contribution in [1.82, 2.24) is 0 Å². The summed E-state index contributed by atoms with van der Waals surface area (Å²) in [5.41, 5.74) is 0.741. The summed E-state index contributed by atoms with van der Waals surface area (Å²) < 4.78 is 34.8. The van der Waals surface area contributed by atoms with Crippen LogP contribution >= 0.6 is 0 Å². The molecule has 0 spiro atoms. The van der Waals surface area contributed by atoms with Gasteiger partial charge in [-0.15, -0.1) is 10.2 Å². The van der Waals surface area contributed by atoms with Crippen molar-refractivity contribution in [2.45, 2.75) is 6.61 Å². The number of hydrogen-bond acceptors (Lipinski definition) is 11. The Morgan fingerprint density at radius 3 is 2.02 bits per heavy atom.